The molecule has 0 bridgehead atoms. The van der Waals surface area contributed by atoms with Gasteiger partial charge >= 0.3 is 88.7 Å². The minimum atomic E-state index is -5.39. The molecule has 14 heteroatoms. The zero-order chi connectivity index (χ0) is 14.2. The summed E-state index contributed by atoms with van der Waals surface area (Å²) in [5.74, 6) is 0. The van der Waals surface area contributed by atoms with Crippen molar-refractivity contribution in [3.63, 3.8) is 0 Å². The molecular weight excluding hydrogens is 332 g/mol. The Labute approximate surface area is 181 Å². The predicted molar refractivity (Wildman–Crippen MR) is 44.8 cm³/mol. The Bertz CT molecular complexity index is 255. The number of rotatable bonds is 5. The van der Waals surface area contributed by atoms with Gasteiger partial charge in [0.05, 0.1) is 6.61 Å². The second kappa shape index (κ2) is 17.9. The van der Waals surface area contributed by atoms with Crippen molar-refractivity contribution in [3.8, 4) is 0 Å². The number of hydrogen-bond acceptors (Lipinski definition) is 10. The summed E-state index contributed by atoms with van der Waals surface area (Å²) in [6, 6.07) is 0. The topological polar surface area (TPSA) is 204 Å². The number of carbonyl (C=O) groups is 1. The summed E-state index contributed by atoms with van der Waals surface area (Å²) in [6.07, 6.45) is -6.84. The van der Waals surface area contributed by atoms with E-state index >= 15 is 0 Å². The molecule has 0 aliphatic carbocycles. The molecule has 0 radical (unpaired) electrons. The molecule has 0 aromatic carbocycles. The van der Waals surface area contributed by atoms with Crippen LogP contribution >= 0.6 is 7.82 Å². The molecule has 0 saturated carbocycles. The molecule has 0 amide bonds. The molecule has 0 spiro atoms. The van der Waals surface area contributed by atoms with Gasteiger partial charge in [0.2, 0.25) is 0 Å². The maximum absolute atomic E-state index is 9.90. The Morgan fingerprint density at radius 3 is 1.45 bits per heavy atom. The van der Waals surface area contributed by atoms with Crippen LogP contribution in [0.1, 0.15) is 0 Å². The van der Waals surface area contributed by atoms with Gasteiger partial charge in [-0.25, -0.2) is 0 Å². The molecule has 0 aromatic heterocycles. The van der Waals surface area contributed by atoms with Crippen molar-refractivity contribution < 1.29 is 138 Å². The average Bonchev–Trinajstić information content (AvgIpc) is 2.22. The summed E-state index contributed by atoms with van der Waals surface area (Å²) >= 11 is 0. The molecule has 4 unspecified atom stereocenters. The molecular formula is C6H12Na3O10P. The SMILES string of the molecule is O=CC(O)C(O)C(O)C(O)CO.O=P([O-])([O-])[O-].[Na+].[Na+].[Na+]. The van der Waals surface area contributed by atoms with Crippen molar-refractivity contribution in [3.05, 3.63) is 0 Å². The number of phosphoric acid groups is 1. The van der Waals surface area contributed by atoms with Crippen molar-refractivity contribution in [1.29, 1.82) is 0 Å². The molecule has 104 valence electrons. The molecule has 0 heterocycles. The van der Waals surface area contributed by atoms with E-state index in [-0.39, 0.29) is 95.0 Å². The Morgan fingerprint density at radius 1 is 0.950 bits per heavy atom. The second-order valence-electron chi connectivity index (χ2n) is 2.80. The number of aldehydes is 1. The van der Waals surface area contributed by atoms with Gasteiger partial charge in [0.15, 0.2) is 6.29 Å². The van der Waals surface area contributed by atoms with E-state index in [9.17, 15) is 4.79 Å². The maximum Gasteiger partial charge on any atom is 1.00 e. The predicted octanol–water partition coefficient (Wildman–Crippen LogP) is -15.2. The largest absolute Gasteiger partial charge is 1.00 e. The van der Waals surface area contributed by atoms with Crippen molar-refractivity contribution in [2.75, 3.05) is 6.61 Å². The smallest absolute Gasteiger partial charge is 0.822 e. The molecule has 0 rings (SSSR count). The first-order valence-corrected chi connectivity index (χ1v) is 5.52. The first kappa shape index (κ1) is 34.0. The van der Waals surface area contributed by atoms with Crippen LogP contribution in [-0.2, 0) is 9.36 Å². The molecule has 20 heavy (non-hydrogen) atoms. The van der Waals surface area contributed by atoms with E-state index in [1.807, 2.05) is 0 Å². The third kappa shape index (κ3) is 22.9. The van der Waals surface area contributed by atoms with E-state index in [4.69, 9.17) is 44.8 Å². The van der Waals surface area contributed by atoms with Crippen LogP contribution in [0.4, 0.5) is 0 Å². The Hall–Kier alpha value is 2.58. The van der Waals surface area contributed by atoms with Gasteiger partial charge < -0.3 is 49.6 Å². The molecule has 0 aliphatic heterocycles. The Balaban J connectivity index is -0.0000000821. The molecule has 0 aliphatic rings. The zero-order valence-electron chi connectivity index (χ0n) is 11.3. The molecule has 0 aromatic rings. The Morgan fingerprint density at radius 2 is 1.25 bits per heavy atom. The number of carbonyl (C=O) groups excluding carboxylic acids is 1. The van der Waals surface area contributed by atoms with Crippen molar-refractivity contribution in [2.45, 2.75) is 24.4 Å². The molecule has 0 fully saturated rings. The molecule has 10 nitrogen and oxygen atoms in total. The van der Waals surface area contributed by atoms with Gasteiger partial charge in [-0.3, -0.25) is 0 Å². The number of hydrogen-bond donors (Lipinski definition) is 5. The summed E-state index contributed by atoms with van der Waals surface area (Å²) in [4.78, 5) is 35.5. The first-order chi connectivity index (χ1) is 7.54. The minimum Gasteiger partial charge on any atom is -0.822 e. The van der Waals surface area contributed by atoms with Gasteiger partial charge in [-0.15, -0.1) is 0 Å². The third-order valence-electron chi connectivity index (χ3n) is 1.42. The van der Waals surface area contributed by atoms with Gasteiger partial charge in [-0.2, -0.15) is 7.82 Å². The van der Waals surface area contributed by atoms with Crippen LogP contribution in [0.15, 0.2) is 0 Å². The third-order valence-corrected chi connectivity index (χ3v) is 1.42. The van der Waals surface area contributed by atoms with E-state index in [0.717, 1.165) is 0 Å². The van der Waals surface area contributed by atoms with Crippen molar-refractivity contribution in [2.24, 2.45) is 0 Å². The first-order valence-electron chi connectivity index (χ1n) is 4.06. The van der Waals surface area contributed by atoms with Crippen LogP contribution in [0.2, 0.25) is 0 Å². The van der Waals surface area contributed by atoms with E-state index in [1.165, 1.54) is 0 Å². The quantitative estimate of drug-likeness (QED) is 0.181. The van der Waals surface area contributed by atoms with Crippen LogP contribution in [0.25, 0.3) is 0 Å². The van der Waals surface area contributed by atoms with Gasteiger partial charge in [-0.1, -0.05) is 0 Å². The fourth-order valence-corrected chi connectivity index (χ4v) is 0.618. The van der Waals surface area contributed by atoms with Crippen LogP contribution in [0.3, 0.4) is 0 Å². The van der Waals surface area contributed by atoms with Gasteiger partial charge in [0.25, 0.3) is 0 Å². The van der Waals surface area contributed by atoms with E-state index < -0.39 is 38.8 Å². The van der Waals surface area contributed by atoms with E-state index in [0.29, 0.717) is 0 Å². The van der Waals surface area contributed by atoms with Crippen LogP contribution in [-0.4, -0.2) is 62.8 Å². The molecule has 5 N–H and O–H groups in total. The normalized spacial score (nSPS) is 15.6. The second-order valence-corrected chi connectivity index (χ2v) is 3.70. The fourth-order valence-electron chi connectivity index (χ4n) is 0.618. The standard InChI is InChI=1S/C6H12O6.3Na.H3O4P/c7-1-3(9)5(11)6(12)4(10)2-8;;;;1-5(2,3)4/h1,3-6,8-12H,2H2;;;;(H3,1,2,3,4)/q;3*+1;/p-3. The number of aliphatic hydroxyl groups excluding tert-OH is 5. The monoisotopic (exact) mass is 344 g/mol. The average molecular weight is 344 g/mol. The van der Waals surface area contributed by atoms with Crippen molar-refractivity contribution in [1.82, 2.24) is 0 Å². The molecule has 0 saturated heterocycles. The van der Waals surface area contributed by atoms with Gasteiger partial charge in [0, 0.05) is 0 Å². The fraction of sp³-hybridized carbons (Fsp3) is 0.833. The van der Waals surface area contributed by atoms with E-state index in [2.05, 4.69) is 0 Å². The summed E-state index contributed by atoms with van der Waals surface area (Å²) < 4.78 is 8.55. The van der Waals surface area contributed by atoms with Crippen LogP contribution < -0.4 is 103 Å². The summed E-state index contributed by atoms with van der Waals surface area (Å²) in [6.45, 7) is -0.760. The van der Waals surface area contributed by atoms with Gasteiger partial charge in [0.1, 0.15) is 24.4 Å². The van der Waals surface area contributed by atoms with Crippen molar-refractivity contribution >= 4 is 14.1 Å². The van der Waals surface area contributed by atoms with Crippen LogP contribution in [0.5, 0.6) is 0 Å². The zero-order valence-corrected chi connectivity index (χ0v) is 18.2. The number of aliphatic hydroxyl groups is 5. The summed E-state index contributed by atoms with van der Waals surface area (Å²) in [5.41, 5.74) is 0. The van der Waals surface area contributed by atoms with Crippen LogP contribution in [0, 0.1) is 0 Å². The van der Waals surface area contributed by atoms with E-state index in [1.54, 1.807) is 0 Å². The summed E-state index contributed by atoms with van der Waals surface area (Å²) in [7, 11) is -5.39. The minimum absolute atomic E-state index is 0. The van der Waals surface area contributed by atoms with Gasteiger partial charge in [-0.05, 0) is 0 Å². The Kier molecular flexibility index (Phi) is 30.5. The molecule has 4 atom stereocenters. The maximum atomic E-state index is 9.90. The summed E-state index contributed by atoms with van der Waals surface area (Å²) in [5, 5.41) is 43.5.